The lowest BCUT2D eigenvalue weighted by Gasteiger charge is -2.57. The number of Topliss-reactive ketones (excluding diaryl/α,β-unsaturated/α-hetero) is 1. The molecule has 4 aliphatic carbocycles. The molecule has 1 atom stereocenters. The third-order valence-electron chi connectivity index (χ3n) is 9.11. The van der Waals surface area contributed by atoms with Gasteiger partial charge in [-0.3, -0.25) is 9.59 Å². The van der Waals surface area contributed by atoms with Crippen molar-refractivity contribution < 1.29 is 14.7 Å². The summed E-state index contributed by atoms with van der Waals surface area (Å²) in [4.78, 5) is 28.8. The van der Waals surface area contributed by atoms with Crippen LogP contribution in [0.2, 0.25) is 0 Å². The summed E-state index contributed by atoms with van der Waals surface area (Å²) in [7, 11) is 0. The van der Waals surface area contributed by atoms with Gasteiger partial charge in [0, 0.05) is 29.1 Å². The van der Waals surface area contributed by atoms with Gasteiger partial charge in [0.1, 0.15) is 0 Å². The van der Waals surface area contributed by atoms with Crippen LogP contribution in [0.15, 0.2) is 42.6 Å². The van der Waals surface area contributed by atoms with Crippen molar-refractivity contribution in [3.05, 3.63) is 70.4 Å². The molecule has 34 heavy (non-hydrogen) atoms. The summed E-state index contributed by atoms with van der Waals surface area (Å²) in [5, 5.41) is 11.1. The number of fused-ring (bicyclic) bond motifs is 1. The van der Waals surface area contributed by atoms with Gasteiger partial charge in [-0.1, -0.05) is 29.8 Å². The fraction of sp³-hybridized carbons (Fsp3) is 0.467. The Morgan fingerprint density at radius 1 is 1.00 bits per heavy atom. The van der Waals surface area contributed by atoms with Crippen molar-refractivity contribution in [1.29, 1.82) is 0 Å². The van der Waals surface area contributed by atoms with Gasteiger partial charge < -0.3 is 10.1 Å². The lowest BCUT2D eigenvalue weighted by molar-refractivity contribution is -0.138. The van der Waals surface area contributed by atoms with E-state index in [9.17, 15) is 14.7 Å². The van der Waals surface area contributed by atoms with E-state index in [-0.39, 0.29) is 17.6 Å². The van der Waals surface area contributed by atoms with Crippen molar-refractivity contribution in [3.63, 3.8) is 0 Å². The topological polar surface area (TPSA) is 70.2 Å². The number of aliphatic carboxylic acids is 1. The summed E-state index contributed by atoms with van der Waals surface area (Å²) in [6.45, 7) is 3.91. The first-order valence-electron chi connectivity index (χ1n) is 12.8. The molecule has 4 aliphatic rings. The van der Waals surface area contributed by atoms with Gasteiger partial charge in [0.25, 0.3) is 0 Å². The molecule has 4 saturated carbocycles. The summed E-state index contributed by atoms with van der Waals surface area (Å²) < 4.78 is 0. The second-order valence-electron chi connectivity index (χ2n) is 11.5. The van der Waals surface area contributed by atoms with Crippen LogP contribution in [0.3, 0.4) is 0 Å². The lowest BCUT2D eigenvalue weighted by Crippen LogP contribution is -2.48. The Hall–Kier alpha value is -2.88. The highest BCUT2D eigenvalue weighted by Gasteiger charge is 2.51. The van der Waals surface area contributed by atoms with E-state index >= 15 is 0 Å². The molecule has 4 heteroatoms. The van der Waals surface area contributed by atoms with E-state index in [1.54, 1.807) is 0 Å². The summed E-state index contributed by atoms with van der Waals surface area (Å²) in [5.41, 5.74) is 5.93. The van der Waals surface area contributed by atoms with Crippen molar-refractivity contribution in [3.8, 4) is 0 Å². The Balaban J connectivity index is 1.35. The highest BCUT2D eigenvalue weighted by molar-refractivity contribution is 6.01. The number of aryl methyl sites for hydroxylation is 2. The number of ketones is 1. The summed E-state index contributed by atoms with van der Waals surface area (Å²) in [6, 6.07) is 12.4. The van der Waals surface area contributed by atoms with E-state index in [1.165, 1.54) is 44.1 Å². The molecule has 4 fully saturated rings. The Kier molecular flexibility index (Phi) is 4.98. The van der Waals surface area contributed by atoms with Gasteiger partial charge in [0.2, 0.25) is 0 Å². The maximum absolute atomic E-state index is 13.1. The first kappa shape index (κ1) is 21.6. The number of benzene rings is 2. The number of carbonyl (C=O) groups excluding carboxylic acids is 1. The zero-order chi connectivity index (χ0) is 23.6. The van der Waals surface area contributed by atoms with Crippen molar-refractivity contribution in [2.75, 3.05) is 0 Å². The maximum atomic E-state index is 13.1. The van der Waals surface area contributed by atoms with Gasteiger partial charge in [-0.05, 0) is 104 Å². The number of H-pyrrole nitrogens is 1. The Bertz CT molecular complexity index is 1260. The quantitative estimate of drug-likeness (QED) is 0.407. The van der Waals surface area contributed by atoms with Crippen molar-refractivity contribution in [1.82, 2.24) is 4.98 Å². The second-order valence-corrected chi connectivity index (χ2v) is 11.5. The number of carboxylic acid groups (broad SMARTS) is 1. The molecule has 3 aromatic rings. The van der Waals surface area contributed by atoms with Crippen LogP contribution in [0.1, 0.15) is 83.5 Å². The molecule has 1 unspecified atom stereocenters. The molecular weight excluding hydrogens is 422 g/mol. The van der Waals surface area contributed by atoms with Gasteiger partial charge in [0.05, 0.1) is 5.92 Å². The largest absolute Gasteiger partial charge is 0.481 e. The molecule has 0 aliphatic heterocycles. The number of hydrogen-bond acceptors (Lipinski definition) is 2. The van der Waals surface area contributed by atoms with E-state index in [2.05, 4.69) is 23.2 Å². The molecule has 2 N–H and O–H groups in total. The van der Waals surface area contributed by atoms with Gasteiger partial charge in [-0.2, -0.15) is 0 Å². The van der Waals surface area contributed by atoms with Gasteiger partial charge >= 0.3 is 5.97 Å². The molecule has 4 nitrogen and oxygen atoms in total. The van der Waals surface area contributed by atoms with Gasteiger partial charge in [0.15, 0.2) is 5.78 Å². The standard InChI is InChI=1S/C30H33NO3/c1-17-3-5-23(18(2)7-17)28(32)12-25(29(33)34)26-16-31-27-6-4-22(11-24(26)27)30-13-19-8-20(14-30)10-21(9-19)15-30/h3-7,11,16,19-21,25,31H,8-10,12-15H2,1-2H3,(H,33,34). The minimum Gasteiger partial charge on any atom is -0.481 e. The van der Waals surface area contributed by atoms with Crippen LogP contribution in [-0.2, 0) is 10.2 Å². The average molecular weight is 456 g/mol. The normalized spacial score (nSPS) is 28.4. The average Bonchev–Trinajstić information content (AvgIpc) is 3.19. The summed E-state index contributed by atoms with van der Waals surface area (Å²) >= 11 is 0. The van der Waals surface area contributed by atoms with E-state index in [0.717, 1.165) is 45.3 Å². The predicted molar refractivity (Wildman–Crippen MR) is 133 cm³/mol. The fourth-order valence-corrected chi connectivity index (χ4v) is 7.98. The Morgan fingerprint density at radius 2 is 1.68 bits per heavy atom. The first-order valence-corrected chi connectivity index (χ1v) is 12.8. The fourth-order valence-electron chi connectivity index (χ4n) is 7.98. The highest BCUT2D eigenvalue weighted by atomic mass is 16.4. The molecule has 2 aromatic carbocycles. The van der Waals surface area contributed by atoms with Crippen LogP contribution in [0.5, 0.6) is 0 Å². The SMILES string of the molecule is Cc1ccc(C(=O)CC(C(=O)O)c2c[nH]c3ccc(C45CC6CC(CC(C6)C4)C5)cc23)c(C)c1. The Labute approximate surface area is 200 Å². The van der Waals surface area contributed by atoms with E-state index in [1.807, 2.05) is 38.2 Å². The van der Waals surface area contributed by atoms with Crippen LogP contribution >= 0.6 is 0 Å². The zero-order valence-electron chi connectivity index (χ0n) is 20.1. The number of rotatable bonds is 6. The molecule has 7 rings (SSSR count). The molecule has 0 amide bonds. The van der Waals surface area contributed by atoms with E-state index in [0.29, 0.717) is 5.56 Å². The van der Waals surface area contributed by atoms with Crippen molar-refractivity contribution in [2.45, 2.75) is 70.1 Å². The third kappa shape index (κ3) is 3.50. The lowest BCUT2D eigenvalue weighted by atomic mass is 9.48. The summed E-state index contributed by atoms with van der Waals surface area (Å²) in [6.07, 6.45) is 9.80. The van der Waals surface area contributed by atoms with Crippen LogP contribution < -0.4 is 0 Å². The minimum atomic E-state index is -0.945. The van der Waals surface area contributed by atoms with E-state index < -0.39 is 11.9 Å². The van der Waals surface area contributed by atoms with Crippen LogP contribution in [-0.4, -0.2) is 21.8 Å². The summed E-state index contributed by atoms with van der Waals surface area (Å²) in [5.74, 6) is 0.642. The van der Waals surface area contributed by atoms with Crippen molar-refractivity contribution in [2.24, 2.45) is 17.8 Å². The smallest absolute Gasteiger partial charge is 0.311 e. The number of aromatic nitrogens is 1. The molecular formula is C30H33NO3. The number of aromatic amines is 1. The second kappa shape index (κ2) is 7.83. The van der Waals surface area contributed by atoms with Crippen LogP contribution in [0.4, 0.5) is 0 Å². The number of carbonyl (C=O) groups is 2. The monoisotopic (exact) mass is 455 g/mol. The first-order chi connectivity index (χ1) is 16.3. The minimum absolute atomic E-state index is 0.0339. The van der Waals surface area contributed by atoms with Crippen LogP contribution in [0, 0.1) is 31.6 Å². The maximum Gasteiger partial charge on any atom is 0.311 e. The number of nitrogens with one attached hydrogen (secondary N) is 1. The molecule has 4 bridgehead atoms. The molecule has 176 valence electrons. The number of carboxylic acids is 1. The van der Waals surface area contributed by atoms with Crippen LogP contribution in [0.25, 0.3) is 10.9 Å². The Morgan fingerprint density at radius 3 is 2.29 bits per heavy atom. The number of hydrogen-bond donors (Lipinski definition) is 2. The van der Waals surface area contributed by atoms with Gasteiger partial charge in [-0.25, -0.2) is 0 Å². The zero-order valence-corrected chi connectivity index (χ0v) is 20.1. The van der Waals surface area contributed by atoms with Crippen molar-refractivity contribution >= 4 is 22.7 Å². The molecule has 1 aromatic heterocycles. The predicted octanol–water partition coefficient (Wildman–Crippen LogP) is 6.69. The molecule has 0 radical (unpaired) electrons. The third-order valence-corrected chi connectivity index (χ3v) is 9.11. The molecule has 0 saturated heterocycles. The van der Waals surface area contributed by atoms with E-state index in [4.69, 9.17) is 0 Å². The van der Waals surface area contributed by atoms with Gasteiger partial charge in [-0.15, -0.1) is 0 Å². The molecule has 1 heterocycles. The molecule has 0 spiro atoms. The highest BCUT2D eigenvalue weighted by Crippen LogP contribution is 2.60.